The third-order valence-corrected chi connectivity index (χ3v) is 5.28. The molecule has 2 rings (SSSR count). The van der Waals surface area contributed by atoms with E-state index in [2.05, 4.69) is 30.4 Å². The van der Waals surface area contributed by atoms with Crippen LogP contribution in [0.3, 0.4) is 0 Å². The van der Waals surface area contributed by atoms with Gasteiger partial charge in [-0.25, -0.2) is 0 Å². The van der Waals surface area contributed by atoms with E-state index in [0.29, 0.717) is 11.3 Å². The van der Waals surface area contributed by atoms with Crippen molar-refractivity contribution in [2.75, 3.05) is 26.0 Å². The summed E-state index contributed by atoms with van der Waals surface area (Å²) in [7, 11) is 1.72. The molecular formula is C16H25NO2S. The van der Waals surface area contributed by atoms with Crippen LogP contribution in [0.1, 0.15) is 36.9 Å². The average molecular weight is 295 g/mol. The normalized spacial score (nSPS) is 21.6. The quantitative estimate of drug-likeness (QED) is 0.759. The lowest BCUT2D eigenvalue weighted by atomic mass is 9.87. The Morgan fingerprint density at radius 2 is 2.30 bits per heavy atom. The Morgan fingerprint density at radius 3 is 3.00 bits per heavy atom. The molecule has 1 aromatic carbocycles. The molecule has 1 aromatic rings. The van der Waals surface area contributed by atoms with Gasteiger partial charge in [0.15, 0.2) is 0 Å². The maximum Gasteiger partial charge on any atom is 0.119 e. The van der Waals surface area contributed by atoms with E-state index >= 15 is 0 Å². The summed E-state index contributed by atoms with van der Waals surface area (Å²) in [6.07, 6.45) is 3.22. The van der Waals surface area contributed by atoms with E-state index in [9.17, 15) is 0 Å². The van der Waals surface area contributed by atoms with Crippen LogP contribution in [0.5, 0.6) is 5.75 Å². The van der Waals surface area contributed by atoms with Gasteiger partial charge in [0.05, 0.1) is 7.11 Å². The molecule has 0 bridgehead atoms. The van der Waals surface area contributed by atoms with Crippen molar-refractivity contribution in [1.82, 2.24) is 5.32 Å². The number of hydrogen-bond donors (Lipinski definition) is 2. The fourth-order valence-electron chi connectivity index (χ4n) is 2.82. The van der Waals surface area contributed by atoms with Gasteiger partial charge < -0.3 is 15.2 Å². The Hall–Kier alpha value is -0.710. The summed E-state index contributed by atoms with van der Waals surface area (Å²) in [6.45, 7) is 3.41. The van der Waals surface area contributed by atoms with Crippen LogP contribution in [0.2, 0.25) is 0 Å². The molecule has 0 fully saturated rings. The molecule has 112 valence electrons. The molecule has 3 nitrogen and oxygen atoms in total. The highest BCUT2D eigenvalue weighted by atomic mass is 32.2. The molecule has 2 atom stereocenters. The number of hydrogen-bond acceptors (Lipinski definition) is 4. The first-order chi connectivity index (χ1) is 9.80. The standard InChI is InChI=1S/C16H25NO2S/c1-3-17-16-14-11-13(19-2)7-5-12(14)6-8-15(16)20-10-4-9-18/h5,7,11,15-18H,3-4,6,8-10H2,1-2H3. The van der Waals surface area contributed by atoms with Crippen molar-refractivity contribution in [2.45, 2.75) is 37.5 Å². The van der Waals surface area contributed by atoms with Gasteiger partial charge in [-0.2, -0.15) is 11.8 Å². The number of aliphatic hydroxyl groups is 1. The van der Waals surface area contributed by atoms with Gasteiger partial charge in [-0.05, 0) is 54.8 Å². The number of methoxy groups -OCH3 is 1. The summed E-state index contributed by atoms with van der Waals surface area (Å²) in [5.74, 6) is 1.97. The second-order valence-corrected chi connectivity index (χ2v) is 6.47. The highest BCUT2D eigenvalue weighted by Gasteiger charge is 2.29. The predicted octanol–water partition coefficient (Wildman–Crippen LogP) is 2.78. The zero-order valence-corrected chi connectivity index (χ0v) is 13.2. The van der Waals surface area contributed by atoms with Crippen molar-refractivity contribution in [2.24, 2.45) is 0 Å². The van der Waals surface area contributed by atoms with E-state index in [1.54, 1.807) is 7.11 Å². The van der Waals surface area contributed by atoms with E-state index in [4.69, 9.17) is 9.84 Å². The lowest BCUT2D eigenvalue weighted by Gasteiger charge is -2.34. The summed E-state index contributed by atoms with van der Waals surface area (Å²) in [5, 5.41) is 13.2. The minimum absolute atomic E-state index is 0.288. The minimum Gasteiger partial charge on any atom is -0.497 e. The molecule has 2 N–H and O–H groups in total. The largest absolute Gasteiger partial charge is 0.497 e. The molecule has 0 saturated carbocycles. The number of rotatable bonds is 7. The average Bonchev–Trinajstić information content (AvgIpc) is 2.49. The van der Waals surface area contributed by atoms with Crippen LogP contribution in [-0.4, -0.2) is 36.4 Å². The Morgan fingerprint density at radius 1 is 1.45 bits per heavy atom. The zero-order valence-electron chi connectivity index (χ0n) is 12.4. The molecule has 4 heteroatoms. The zero-order chi connectivity index (χ0) is 14.4. The van der Waals surface area contributed by atoms with E-state index in [0.717, 1.165) is 30.9 Å². The van der Waals surface area contributed by atoms with E-state index in [1.165, 1.54) is 17.5 Å². The van der Waals surface area contributed by atoms with Crippen LogP contribution >= 0.6 is 11.8 Å². The van der Waals surface area contributed by atoms with Gasteiger partial charge in [0, 0.05) is 17.9 Å². The molecule has 0 radical (unpaired) electrons. The first kappa shape index (κ1) is 15.7. The third kappa shape index (κ3) is 3.68. The smallest absolute Gasteiger partial charge is 0.119 e. The molecule has 0 aliphatic heterocycles. The monoisotopic (exact) mass is 295 g/mol. The third-order valence-electron chi connectivity index (χ3n) is 3.82. The van der Waals surface area contributed by atoms with Gasteiger partial charge in [-0.3, -0.25) is 0 Å². The Bertz CT molecular complexity index is 425. The van der Waals surface area contributed by atoms with Crippen LogP contribution in [0.25, 0.3) is 0 Å². The van der Waals surface area contributed by atoms with Crippen molar-refractivity contribution in [3.8, 4) is 5.75 Å². The Kier molecular flexibility index (Phi) is 6.20. The van der Waals surface area contributed by atoms with Crippen LogP contribution in [0.4, 0.5) is 0 Å². The molecule has 0 heterocycles. The number of fused-ring (bicyclic) bond motifs is 1. The molecule has 2 unspecified atom stereocenters. The highest BCUT2D eigenvalue weighted by molar-refractivity contribution is 7.99. The van der Waals surface area contributed by atoms with Gasteiger partial charge in [0.2, 0.25) is 0 Å². The number of thioether (sulfide) groups is 1. The van der Waals surface area contributed by atoms with Crippen molar-refractivity contribution >= 4 is 11.8 Å². The molecule has 20 heavy (non-hydrogen) atoms. The summed E-state index contributed by atoms with van der Waals surface area (Å²) in [6, 6.07) is 6.83. The predicted molar refractivity (Wildman–Crippen MR) is 85.7 cm³/mol. The highest BCUT2D eigenvalue weighted by Crippen LogP contribution is 2.38. The van der Waals surface area contributed by atoms with E-state index in [-0.39, 0.29) is 6.61 Å². The fraction of sp³-hybridized carbons (Fsp3) is 0.625. The first-order valence-electron chi connectivity index (χ1n) is 7.42. The van der Waals surface area contributed by atoms with E-state index in [1.807, 2.05) is 11.8 Å². The minimum atomic E-state index is 0.288. The summed E-state index contributed by atoms with van der Waals surface area (Å²) < 4.78 is 5.37. The first-order valence-corrected chi connectivity index (χ1v) is 8.47. The number of benzene rings is 1. The summed E-state index contributed by atoms with van der Waals surface area (Å²) in [4.78, 5) is 0. The van der Waals surface area contributed by atoms with Crippen LogP contribution in [0, 0.1) is 0 Å². The molecule has 0 spiro atoms. The molecule has 0 aromatic heterocycles. The Labute approximate surface area is 126 Å². The second kappa shape index (κ2) is 7.91. The summed E-state index contributed by atoms with van der Waals surface area (Å²) >= 11 is 1.98. The van der Waals surface area contributed by atoms with Gasteiger partial charge in [0.25, 0.3) is 0 Å². The molecule has 1 aliphatic carbocycles. The van der Waals surface area contributed by atoms with E-state index < -0.39 is 0 Å². The molecular weight excluding hydrogens is 270 g/mol. The van der Waals surface area contributed by atoms with Crippen molar-refractivity contribution in [3.63, 3.8) is 0 Å². The molecule has 1 aliphatic rings. The van der Waals surface area contributed by atoms with Gasteiger partial charge >= 0.3 is 0 Å². The SMILES string of the molecule is CCNC1c2cc(OC)ccc2CCC1SCCCO. The summed E-state index contributed by atoms with van der Waals surface area (Å²) in [5.41, 5.74) is 2.83. The van der Waals surface area contributed by atoms with Gasteiger partial charge in [-0.1, -0.05) is 13.0 Å². The number of ether oxygens (including phenoxy) is 1. The van der Waals surface area contributed by atoms with Crippen molar-refractivity contribution < 1.29 is 9.84 Å². The van der Waals surface area contributed by atoms with Crippen LogP contribution in [-0.2, 0) is 6.42 Å². The lowest BCUT2D eigenvalue weighted by Crippen LogP contribution is -2.34. The maximum absolute atomic E-state index is 8.95. The number of aryl methyl sites for hydroxylation is 1. The lowest BCUT2D eigenvalue weighted by molar-refractivity contribution is 0.296. The molecule has 0 saturated heterocycles. The number of aliphatic hydroxyl groups excluding tert-OH is 1. The Balaban J connectivity index is 2.17. The van der Waals surface area contributed by atoms with Crippen molar-refractivity contribution in [3.05, 3.63) is 29.3 Å². The van der Waals surface area contributed by atoms with Crippen LogP contribution in [0.15, 0.2) is 18.2 Å². The molecule has 0 amide bonds. The van der Waals surface area contributed by atoms with Gasteiger partial charge in [-0.15, -0.1) is 0 Å². The van der Waals surface area contributed by atoms with Crippen LogP contribution < -0.4 is 10.1 Å². The number of nitrogens with one attached hydrogen (secondary N) is 1. The van der Waals surface area contributed by atoms with Crippen molar-refractivity contribution in [1.29, 1.82) is 0 Å². The fourth-order valence-corrected chi connectivity index (χ4v) is 4.14. The maximum atomic E-state index is 8.95. The second-order valence-electron chi connectivity index (χ2n) is 5.13. The topological polar surface area (TPSA) is 41.5 Å². The van der Waals surface area contributed by atoms with Gasteiger partial charge in [0.1, 0.15) is 5.75 Å².